The van der Waals surface area contributed by atoms with Crippen LogP contribution in [0.15, 0.2) is 0 Å². The maximum Gasteiger partial charge on any atom is 0.639 e. The van der Waals surface area contributed by atoms with E-state index in [1.54, 1.807) is 6.92 Å². The molecule has 0 aliphatic carbocycles. The van der Waals surface area contributed by atoms with Crippen molar-refractivity contribution in [2.75, 3.05) is 32.8 Å². The van der Waals surface area contributed by atoms with Crippen molar-refractivity contribution in [3.8, 4) is 0 Å². The SMILES string of the molecule is CCCCCC(OB(OCC)OCC)C(CCCCC)[N+](CC)(CC)CC.[CH2-]C. The average Bonchev–Trinajstić information content (AvgIpc) is 2.75. The van der Waals surface area contributed by atoms with Gasteiger partial charge in [-0.05, 0) is 47.5 Å². The molecule has 2 unspecified atom stereocenters. The van der Waals surface area contributed by atoms with Crippen molar-refractivity contribution in [2.24, 2.45) is 0 Å². The summed E-state index contributed by atoms with van der Waals surface area (Å²) in [6.07, 6.45) is 10.1. The molecule has 0 spiro atoms. The second-order valence-electron chi connectivity index (χ2n) is 7.60. The Kier molecular flexibility index (Phi) is 22.7. The summed E-state index contributed by atoms with van der Waals surface area (Å²) >= 11 is 0. The summed E-state index contributed by atoms with van der Waals surface area (Å²) in [6.45, 7) is 25.3. The Bertz CT molecular complexity index is 313. The second-order valence-corrected chi connectivity index (χ2v) is 7.60. The van der Waals surface area contributed by atoms with E-state index in [9.17, 15) is 0 Å². The van der Waals surface area contributed by atoms with E-state index in [1.807, 2.05) is 13.8 Å². The van der Waals surface area contributed by atoms with E-state index >= 15 is 0 Å². The summed E-state index contributed by atoms with van der Waals surface area (Å²) in [4.78, 5) is 0. The van der Waals surface area contributed by atoms with Crippen LogP contribution in [-0.4, -0.2) is 56.8 Å². The molecule has 5 heteroatoms. The van der Waals surface area contributed by atoms with Crippen LogP contribution in [0.3, 0.4) is 0 Å². The van der Waals surface area contributed by atoms with Crippen molar-refractivity contribution in [1.82, 2.24) is 0 Å². The molecule has 0 saturated heterocycles. The van der Waals surface area contributed by atoms with Crippen molar-refractivity contribution in [3.63, 3.8) is 0 Å². The molecule has 0 aliphatic heterocycles. The predicted molar refractivity (Wildman–Crippen MR) is 129 cm³/mol. The molecule has 29 heavy (non-hydrogen) atoms. The molecule has 176 valence electrons. The summed E-state index contributed by atoms with van der Waals surface area (Å²) in [7, 11) is -0.534. The smallest absolute Gasteiger partial charge is 0.386 e. The number of nitrogens with zero attached hydrogens (tertiary/aromatic N) is 1. The fourth-order valence-electron chi connectivity index (χ4n) is 4.28. The van der Waals surface area contributed by atoms with E-state index in [4.69, 9.17) is 14.0 Å². The highest BCUT2D eigenvalue weighted by Gasteiger charge is 2.41. The highest BCUT2D eigenvalue weighted by Crippen LogP contribution is 2.28. The Morgan fingerprint density at radius 1 is 0.690 bits per heavy atom. The van der Waals surface area contributed by atoms with Crippen LogP contribution in [0.4, 0.5) is 0 Å². The molecular formula is C24H54BNO3. The minimum absolute atomic E-state index is 0.191. The Morgan fingerprint density at radius 3 is 1.52 bits per heavy atom. The second kappa shape index (κ2) is 21.1. The van der Waals surface area contributed by atoms with Gasteiger partial charge in [-0.15, -0.1) is 0 Å². The standard InChI is InChI=1S/C22H49BNO3.C2H5/c1-8-15-17-19-21(24(10-3,11-4)12-5)22(20-18-16-9-2)27-23(25-13-6)26-14-7;1-2/h21-22H,8-20H2,1-7H3;1H2,2H3/q+1;-1. The molecule has 0 aliphatic rings. The first-order chi connectivity index (χ1) is 14.1. The van der Waals surface area contributed by atoms with Gasteiger partial charge in [-0.3, -0.25) is 0 Å². The molecule has 0 aromatic heterocycles. The van der Waals surface area contributed by atoms with E-state index < -0.39 is 7.32 Å². The number of hydrogen-bond donors (Lipinski definition) is 0. The monoisotopic (exact) mass is 415 g/mol. The lowest BCUT2D eigenvalue weighted by Crippen LogP contribution is -2.61. The Labute approximate surface area is 184 Å². The molecule has 0 radical (unpaired) electrons. The zero-order valence-electron chi connectivity index (χ0n) is 21.3. The third kappa shape index (κ3) is 12.4. The van der Waals surface area contributed by atoms with Crippen molar-refractivity contribution in [2.45, 2.75) is 119 Å². The van der Waals surface area contributed by atoms with E-state index in [2.05, 4.69) is 41.5 Å². The number of rotatable bonds is 19. The number of unbranched alkanes of at least 4 members (excludes halogenated alkanes) is 4. The highest BCUT2D eigenvalue weighted by atomic mass is 16.7. The summed E-state index contributed by atoms with van der Waals surface area (Å²) in [5.74, 6) is 0. The number of hydrogen-bond acceptors (Lipinski definition) is 3. The van der Waals surface area contributed by atoms with Crippen LogP contribution in [-0.2, 0) is 14.0 Å². The molecule has 0 aromatic carbocycles. The summed E-state index contributed by atoms with van der Waals surface area (Å²) in [6, 6.07) is 0.511. The van der Waals surface area contributed by atoms with Crippen LogP contribution >= 0.6 is 0 Å². The molecule has 0 fully saturated rings. The lowest BCUT2D eigenvalue weighted by atomic mass is 9.93. The van der Waals surface area contributed by atoms with Crippen molar-refractivity contribution in [3.05, 3.63) is 6.92 Å². The van der Waals surface area contributed by atoms with Gasteiger partial charge in [0, 0.05) is 19.6 Å². The highest BCUT2D eigenvalue weighted by molar-refractivity contribution is 6.36. The molecule has 0 amide bonds. The van der Waals surface area contributed by atoms with E-state index in [0.717, 1.165) is 30.5 Å². The molecule has 0 rings (SSSR count). The zero-order valence-corrected chi connectivity index (χ0v) is 21.3. The molecule has 2 atom stereocenters. The predicted octanol–water partition coefficient (Wildman–Crippen LogP) is 6.68. The van der Waals surface area contributed by atoms with Gasteiger partial charge in [-0.2, -0.15) is 6.92 Å². The van der Waals surface area contributed by atoms with Crippen LogP contribution in [0.5, 0.6) is 0 Å². The van der Waals surface area contributed by atoms with Gasteiger partial charge < -0.3 is 25.4 Å². The quantitative estimate of drug-likeness (QED) is 0.102. The lowest BCUT2D eigenvalue weighted by Gasteiger charge is -2.47. The first kappa shape index (κ1) is 31.1. The summed E-state index contributed by atoms with van der Waals surface area (Å²) in [5, 5.41) is 0. The van der Waals surface area contributed by atoms with Crippen molar-refractivity contribution < 1.29 is 18.4 Å². The van der Waals surface area contributed by atoms with Gasteiger partial charge in [0.05, 0.1) is 25.7 Å². The van der Waals surface area contributed by atoms with Gasteiger partial charge in [0.1, 0.15) is 6.04 Å². The van der Waals surface area contributed by atoms with Crippen LogP contribution in [0.25, 0.3) is 0 Å². The largest absolute Gasteiger partial charge is 0.639 e. The van der Waals surface area contributed by atoms with Gasteiger partial charge in [-0.25, -0.2) is 0 Å². The van der Waals surface area contributed by atoms with E-state index in [0.29, 0.717) is 19.3 Å². The fraction of sp³-hybridized carbons (Fsp3) is 0.958. The molecule has 0 aromatic rings. The lowest BCUT2D eigenvalue weighted by molar-refractivity contribution is -0.950. The topological polar surface area (TPSA) is 27.7 Å². The van der Waals surface area contributed by atoms with Crippen LogP contribution in [0.1, 0.15) is 107 Å². The van der Waals surface area contributed by atoms with Gasteiger partial charge in [-0.1, -0.05) is 46.0 Å². The molecule has 0 saturated carbocycles. The first-order valence-electron chi connectivity index (χ1n) is 12.5. The van der Waals surface area contributed by atoms with Crippen LogP contribution in [0, 0.1) is 6.92 Å². The minimum Gasteiger partial charge on any atom is -0.386 e. The zero-order chi connectivity index (χ0) is 22.5. The average molecular weight is 416 g/mol. The number of likely N-dealkylation sites (N-methyl/N-ethyl adjacent to an activating group) is 1. The molecule has 0 N–H and O–H groups in total. The third-order valence-corrected chi connectivity index (χ3v) is 6.11. The van der Waals surface area contributed by atoms with Crippen LogP contribution in [0.2, 0.25) is 0 Å². The number of quaternary nitrogens is 1. The summed E-state index contributed by atoms with van der Waals surface area (Å²) < 4.78 is 19.2. The van der Waals surface area contributed by atoms with Gasteiger partial charge >= 0.3 is 7.32 Å². The van der Waals surface area contributed by atoms with Gasteiger partial charge in [0.2, 0.25) is 0 Å². The normalized spacial score (nSPS) is 13.6. The first-order valence-corrected chi connectivity index (χ1v) is 12.5. The third-order valence-electron chi connectivity index (χ3n) is 6.11. The minimum atomic E-state index is -0.534. The summed E-state index contributed by atoms with van der Waals surface area (Å²) in [5.41, 5.74) is 0. The van der Waals surface area contributed by atoms with E-state index in [-0.39, 0.29) is 6.10 Å². The molecular weight excluding hydrogens is 361 g/mol. The Morgan fingerprint density at radius 2 is 1.14 bits per heavy atom. The fourth-order valence-corrected chi connectivity index (χ4v) is 4.28. The van der Waals surface area contributed by atoms with Crippen molar-refractivity contribution >= 4 is 7.32 Å². The van der Waals surface area contributed by atoms with Crippen LogP contribution < -0.4 is 0 Å². The maximum atomic E-state index is 6.52. The van der Waals surface area contributed by atoms with Gasteiger partial charge in [0.15, 0.2) is 0 Å². The molecule has 4 nitrogen and oxygen atoms in total. The molecule has 0 heterocycles. The maximum absolute atomic E-state index is 6.52. The van der Waals surface area contributed by atoms with Gasteiger partial charge in [0.25, 0.3) is 0 Å². The Balaban J connectivity index is 0. The van der Waals surface area contributed by atoms with Crippen molar-refractivity contribution in [1.29, 1.82) is 0 Å². The van der Waals surface area contributed by atoms with E-state index in [1.165, 1.54) is 44.9 Å². The Hall–Kier alpha value is -0.0951. The molecule has 0 bridgehead atoms.